The molecule has 0 aromatic rings. The molecule has 19 heavy (non-hydrogen) atoms. The number of ether oxygens (including phenoxy) is 2. The van der Waals surface area contributed by atoms with Gasteiger partial charge in [0.2, 0.25) is 0 Å². The van der Waals surface area contributed by atoms with Gasteiger partial charge in [0.05, 0.1) is 12.7 Å². The summed E-state index contributed by atoms with van der Waals surface area (Å²) in [5, 5.41) is 9.25. The Hall–Kier alpha value is -1.62. The minimum Gasteiger partial charge on any atom is -0.394 e. The van der Waals surface area contributed by atoms with Crippen LogP contribution < -0.4 is 5.73 Å². The number of carbonyl (C=O) groups is 1. The number of hydrogen-bond donors (Lipinski definition) is 2. The molecule has 1 unspecified atom stereocenters. The van der Waals surface area contributed by atoms with Crippen LogP contribution in [0.3, 0.4) is 0 Å². The number of amides is 2. The van der Waals surface area contributed by atoms with E-state index in [0.29, 0.717) is 25.2 Å². The molecule has 0 aromatic heterocycles. The highest BCUT2D eigenvalue weighted by Gasteiger charge is 2.40. The highest BCUT2D eigenvalue weighted by Crippen LogP contribution is 2.27. The lowest BCUT2D eigenvalue weighted by atomic mass is 10.1. The van der Waals surface area contributed by atoms with E-state index in [0.717, 1.165) is 0 Å². The maximum Gasteiger partial charge on any atom is 0.347 e. The lowest BCUT2D eigenvalue weighted by Gasteiger charge is -2.29. The smallest absolute Gasteiger partial charge is 0.347 e. The van der Waals surface area contributed by atoms with Gasteiger partial charge < -0.3 is 20.3 Å². The Morgan fingerprint density at radius 3 is 3.11 bits per heavy atom. The van der Waals surface area contributed by atoms with Crippen LogP contribution in [0.25, 0.3) is 0 Å². The molecular formula is C12H17N3O4. The summed E-state index contributed by atoms with van der Waals surface area (Å²) in [6.45, 7) is 0.425. The van der Waals surface area contributed by atoms with Gasteiger partial charge >= 0.3 is 6.03 Å². The zero-order valence-corrected chi connectivity index (χ0v) is 10.5. The first-order chi connectivity index (χ1) is 9.15. The van der Waals surface area contributed by atoms with Gasteiger partial charge in [-0.2, -0.15) is 4.99 Å². The largest absolute Gasteiger partial charge is 0.394 e. The molecule has 2 amide bonds. The molecule has 3 N–H and O–H groups in total. The van der Waals surface area contributed by atoms with E-state index in [1.165, 1.54) is 4.90 Å². The monoisotopic (exact) mass is 267 g/mol. The molecule has 0 saturated carbocycles. The molecule has 1 saturated heterocycles. The van der Waals surface area contributed by atoms with Gasteiger partial charge in [-0.25, -0.2) is 4.79 Å². The summed E-state index contributed by atoms with van der Waals surface area (Å²) in [6, 6.07) is -0.414. The fourth-order valence-corrected chi connectivity index (χ4v) is 2.23. The lowest BCUT2D eigenvalue weighted by molar-refractivity contribution is -0.0708. The van der Waals surface area contributed by atoms with Crippen LogP contribution in [-0.2, 0) is 9.47 Å². The quantitative estimate of drug-likeness (QED) is 0.656. The molecule has 3 atom stereocenters. The molecule has 2 rings (SSSR count). The third kappa shape index (κ3) is 3.04. The summed E-state index contributed by atoms with van der Waals surface area (Å²) in [6.07, 6.45) is 4.87. The summed E-state index contributed by atoms with van der Waals surface area (Å²) in [5.41, 5.74) is 5.51. The molecular weight excluding hydrogens is 250 g/mol. The van der Waals surface area contributed by atoms with Crippen molar-refractivity contribution in [3.05, 3.63) is 0 Å². The van der Waals surface area contributed by atoms with Gasteiger partial charge in [-0.15, -0.1) is 6.42 Å². The second-order valence-electron chi connectivity index (χ2n) is 4.43. The standard InChI is InChI=1S/C12H17N3O4/c1-2-5-18-8-6-11(19-9(8)7-16)15-4-3-10(13)14-12(15)17/h1,8-9,11,16H,3-7H2,(H2,13,14,17)/t8-,9?,11-/m1/s1. The maximum absolute atomic E-state index is 11.8. The van der Waals surface area contributed by atoms with Crippen molar-refractivity contribution in [1.29, 1.82) is 0 Å². The van der Waals surface area contributed by atoms with Crippen LogP contribution in [0.5, 0.6) is 0 Å². The van der Waals surface area contributed by atoms with E-state index in [9.17, 15) is 9.90 Å². The number of aliphatic hydroxyl groups excluding tert-OH is 1. The van der Waals surface area contributed by atoms with Crippen molar-refractivity contribution in [2.45, 2.75) is 31.3 Å². The average molecular weight is 267 g/mol. The second kappa shape index (κ2) is 6.02. The van der Waals surface area contributed by atoms with E-state index in [-0.39, 0.29) is 19.3 Å². The number of nitrogens with two attached hydrogens (primary N) is 1. The minimum absolute atomic E-state index is 0.149. The van der Waals surface area contributed by atoms with E-state index >= 15 is 0 Å². The number of aliphatic hydroxyl groups is 1. The molecule has 2 aliphatic rings. The zero-order valence-electron chi connectivity index (χ0n) is 10.5. The highest BCUT2D eigenvalue weighted by atomic mass is 16.6. The summed E-state index contributed by atoms with van der Waals surface area (Å²) in [4.78, 5) is 17.0. The first kappa shape index (κ1) is 13.8. The van der Waals surface area contributed by atoms with E-state index in [2.05, 4.69) is 10.9 Å². The first-order valence-corrected chi connectivity index (χ1v) is 6.10. The van der Waals surface area contributed by atoms with Crippen LogP contribution in [0, 0.1) is 12.3 Å². The van der Waals surface area contributed by atoms with Crippen molar-refractivity contribution in [2.24, 2.45) is 10.7 Å². The molecule has 0 aromatic carbocycles. The van der Waals surface area contributed by atoms with Crippen molar-refractivity contribution in [2.75, 3.05) is 19.8 Å². The third-order valence-corrected chi connectivity index (χ3v) is 3.18. The molecule has 2 aliphatic heterocycles. The summed E-state index contributed by atoms with van der Waals surface area (Å²) >= 11 is 0. The Balaban J connectivity index is 1.99. The van der Waals surface area contributed by atoms with Gasteiger partial charge in [0, 0.05) is 19.4 Å². The van der Waals surface area contributed by atoms with Gasteiger partial charge in [0.15, 0.2) is 0 Å². The summed E-state index contributed by atoms with van der Waals surface area (Å²) in [7, 11) is 0. The first-order valence-electron chi connectivity index (χ1n) is 6.10. The minimum atomic E-state index is -0.477. The molecule has 104 valence electrons. The molecule has 2 heterocycles. The van der Waals surface area contributed by atoms with Gasteiger partial charge in [-0.3, -0.25) is 4.90 Å². The number of hydrogen-bond acceptors (Lipinski definition) is 5. The number of aliphatic imine (C=N–C) groups is 1. The molecule has 7 heteroatoms. The normalized spacial score (nSPS) is 31.2. The van der Waals surface area contributed by atoms with E-state index in [1.54, 1.807) is 0 Å². The molecule has 0 bridgehead atoms. The topological polar surface area (TPSA) is 97.4 Å². The van der Waals surface area contributed by atoms with Gasteiger partial charge in [-0.1, -0.05) is 5.92 Å². The Morgan fingerprint density at radius 2 is 2.47 bits per heavy atom. The van der Waals surface area contributed by atoms with E-state index < -0.39 is 18.4 Å². The Bertz CT molecular complexity index is 418. The van der Waals surface area contributed by atoms with Gasteiger partial charge in [0.1, 0.15) is 24.8 Å². The molecule has 0 radical (unpaired) electrons. The maximum atomic E-state index is 11.8. The Morgan fingerprint density at radius 1 is 1.68 bits per heavy atom. The highest BCUT2D eigenvalue weighted by molar-refractivity contribution is 5.95. The fourth-order valence-electron chi connectivity index (χ4n) is 2.23. The Labute approximate surface area is 111 Å². The third-order valence-electron chi connectivity index (χ3n) is 3.18. The summed E-state index contributed by atoms with van der Waals surface area (Å²) < 4.78 is 11.0. The average Bonchev–Trinajstić information content (AvgIpc) is 2.79. The van der Waals surface area contributed by atoms with Crippen LogP contribution in [-0.4, -0.2) is 60.1 Å². The fraction of sp³-hybridized carbons (Fsp3) is 0.667. The zero-order chi connectivity index (χ0) is 13.8. The van der Waals surface area contributed by atoms with Crippen LogP contribution in [0.2, 0.25) is 0 Å². The number of amidine groups is 1. The van der Waals surface area contributed by atoms with E-state index in [4.69, 9.17) is 21.6 Å². The van der Waals surface area contributed by atoms with E-state index in [1.807, 2.05) is 0 Å². The predicted octanol–water partition coefficient (Wildman–Crippen LogP) is -0.705. The number of nitrogens with zero attached hydrogens (tertiary/aromatic N) is 2. The van der Waals surface area contributed by atoms with Crippen molar-refractivity contribution in [1.82, 2.24) is 4.90 Å². The molecule has 0 spiro atoms. The number of carbonyl (C=O) groups excluding carboxylic acids is 1. The SMILES string of the molecule is C#CCO[C@@H]1C[C@H](N2CCC(N)=NC2=O)OC1CO. The van der Waals surface area contributed by atoms with Crippen LogP contribution in [0.4, 0.5) is 4.79 Å². The van der Waals surface area contributed by atoms with Crippen LogP contribution in [0.1, 0.15) is 12.8 Å². The number of terminal acetylenes is 1. The van der Waals surface area contributed by atoms with Crippen molar-refractivity contribution in [3.8, 4) is 12.3 Å². The van der Waals surface area contributed by atoms with Crippen molar-refractivity contribution >= 4 is 11.9 Å². The van der Waals surface area contributed by atoms with Crippen molar-refractivity contribution in [3.63, 3.8) is 0 Å². The van der Waals surface area contributed by atoms with Crippen molar-refractivity contribution < 1.29 is 19.4 Å². The predicted molar refractivity (Wildman–Crippen MR) is 67.3 cm³/mol. The lowest BCUT2D eigenvalue weighted by Crippen LogP contribution is -2.44. The van der Waals surface area contributed by atoms with Gasteiger partial charge in [0.25, 0.3) is 0 Å². The van der Waals surface area contributed by atoms with Crippen LogP contribution >= 0.6 is 0 Å². The van der Waals surface area contributed by atoms with Crippen LogP contribution in [0.15, 0.2) is 4.99 Å². The number of rotatable bonds is 4. The second-order valence-corrected chi connectivity index (χ2v) is 4.43. The summed E-state index contributed by atoms with van der Waals surface area (Å²) in [5.74, 6) is 2.70. The van der Waals surface area contributed by atoms with Gasteiger partial charge in [-0.05, 0) is 0 Å². The molecule has 0 aliphatic carbocycles. The molecule has 1 fully saturated rings. The number of urea groups is 1. The Kier molecular flexibility index (Phi) is 4.37. The molecule has 7 nitrogen and oxygen atoms in total.